The number of amides is 1. The molecule has 98 valence electrons. The van der Waals surface area contributed by atoms with E-state index in [0.29, 0.717) is 11.9 Å². The second-order valence-electron chi connectivity index (χ2n) is 5.26. The van der Waals surface area contributed by atoms with Crippen molar-refractivity contribution in [1.82, 2.24) is 10.2 Å². The lowest BCUT2D eigenvalue weighted by Crippen LogP contribution is -2.44. The van der Waals surface area contributed by atoms with Gasteiger partial charge in [-0.25, -0.2) is 0 Å². The molecular weight excluding hydrogens is 232 g/mol. The fourth-order valence-corrected chi connectivity index (χ4v) is 3.75. The first-order valence-electron chi connectivity index (χ1n) is 6.85. The van der Waals surface area contributed by atoms with Crippen molar-refractivity contribution in [2.45, 2.75) is 38.6 Å². The van der Waals surface area contributed by atoms with Crippen LogP contribution in [0.5, 0.6) is 0 Å². The zero-order chi connectivity index (χ0) is 12.1. The number of carbonyl (C=O) groups is 1. The number of carbonyl (C=O) groups excluding carboxylic acids is 1. The Balaban J connectivity index is 1.72. The van der Waals surface area contributed by atoms with Gasteiger partial charge in [-0.05, 0) is 45.2 Å². The van der Waals surface area contributed by atoms with Crippen molar-refractivity contribution in [3.63, 3.8) is 0 Å². The summed E-state index contributed by atoms with van der Waals surface area (Å²) in [6, 6.07) is 0.436. The highest BCUT2D eigenvalue weighted by molar-refractivity contribution is 7.99. The van der Waals surface area contributed by atoms with E-state index in [1.54, 1.807) is 0 Å². The molecule has 2 rings (SSSR count). The Hall–Kier alpha value is -0.220. The highest BCUT2D eigenvalue weighted by atomic mass is 32.2. The fraction of sp³-hybridized carbons (Fsp3) is 0.923. The van der Waals surface area contributed by atoms with Crippen LogP contribution in [0.2, 0.25) is 0 Å². The molecule has 0 radical (unpaired) electrons. The van der Waals surface area contributed by atoms with E-state index in [1.165, 1.54) is 12.8 Å². The third kappa shape index (κ3) is 3.88. The van der Waals surface area contributed by atoms with Gasteiger partial charge in [0, 0.05) is 30.5 Å². The average Bonchev–Trinajstić information content (AvgIpc) is 2.38. The van der Waals surface area contributed by atoms with Crippen molar-refractivity contribution in [2.75, 3.05) is 31.1 Å². The molecule has 17 heavy (non-hydrogen) atoms. The fourth-order valence-electron chi connectivity index (χ4n) is 2.74. The van der Waals surface area contributed by atoms with Gasteiger partial charge < -0.3 is 10.2 Å². The van der Waals surface area contributed by atoms with E-state index in [9.17, 15) is 4.79 Å². The van der Waals surface area contributed by atoms with Gasteiger partial charge in [0.05, 0.1) is 0 Å². The first-order chi connectivity index (χ1) is 8.27. The molecule has 3 nitrogen and oxygen atoms in total. The Kier molecular flexibility index (Phi) is 5.16. The third-order valence-electron chi connectivity index (χ3n) is 3.85. The maximum Gasteiger partial charge on any atom is 0.222 e. The van der Waals surface area contributed by atoms with Gasteiger partial charge in [0.2, 0.25) is 5.91 Å². The van der Waals surface area contributed by atoms with E-state index in [4.69, 9.17) is 0 Å². The molecule has 2 aliphatic heterocycles. The molecular formula is C13H24N2OS. The van der Waals surface area contributed by atoms with Crippen LogP contribution < -0.4 is 5.32 Å². The minimum Gasteiger partial charge on any atom is -0.338 e. The van der Waals surface area contributed by atoms with E-state index in [-0.39, 0.29) is 0 Å². The van der Waals surface area contributed by atoms with Crippen LogP contribution in [0.3, 0.4) is 0 Å². The van der Waals surface area contributed by atoms with Crippen LogP contribution in [0, 0.1) is 5.92 Å². The summed E-state index contributed by atoms with van der Waals surface area (Å²) in [5.41, 5.74) is 0. The summed E-state index contributed by atoms with van der Waals surface area (Å²) in [5, 5.41) is 3.42. The van der Waals surface area contributed by atoms with Crippen molar-refractivity contribution in [2.24, 2.45) is 5.92 Å². The van der Waals surface area contributed by atoms with Gasteiger partial charge in [0.25, 0.3) is 0 Å². The topological polar surface area (TPSA) is 32.3 Å². The maximum absolute atomic E-state index is 12.1. The summed E-state index contributed by atoms with van der Waals surface area (Å²) >= 11 is 1.97. The first-order valence-corrected chi connectivity index (χ1v) is 8.01. The van der Waals surface area contributed by atoms with Crippen molar-refractivity contribution in [3.8, 4) is 0 Å². The molecule has 2 saturated heterocycles. The number of rotatable bonds is 3. The smallest absolute Gasteiger partial charge is 0.222 e. The van der Waals surface area contributed by atoms with Crippen LogP contribution in [0.1, 0.15) is 32.6 Å². The molecule has 2 fully saturated rings. The zero-order valence-corrected chi connectivity index (χ0v) is 11.6. The van der Waals surface area contributed by atoms with Crippen LogP contribution in [0.25, 0.3) is 0 Å². The Morgan fingerprint density at radius 3 is 3.12 bits per heavy atom. The second kappa shape index (κ2) is 6.64. The monoisotopic (exact) mass is 256 g/mol. The first kappa shape index (κ1) is 13.2. The molecule has 2 atom stereocenters. The number of piperidine rings is 1. The summed E-state index contributed by atoms with van der Waals surface area (Å²) in [5.74, 6) is 3.32. The van der Waals surface area contributed by atoms with Crippen molar-refractivity contribution in [1.29, 1.82) is 0 Å². The van der Waals surface area contributed by atoms with E-state index in [1.807, 2.05) is 11.8 Å². The summed E-state index contributed by atoms with van der Waals surface area (Å²) in [6.45, 7) is 5.39. The summed E-state index contributed by atoms with van der Waals surface area (Å²) in [6.07, 6.45) is 4.39. The number of hydrogen-bond acceptors (Lipinski definition) is 3. The third-order valence-corrected chi connectivity index (χ3v) is 5.04. The van der Waals surface area contributed by atoms with Gasteiger partial charge in [0.1, 0.15) is 0 Å². The highest BCUT2D eigenvalue weighted by Crippen LogP contribution is 2.20. The summed E-state index contributed by atoms with van der Waals surface area (Å²) in [7, 11) is 0. The zero-order valence-electron chi connectivity index (χ0n) is 10.8. The molecule has 4 heteroatoms. The van der Waals surface area contributed by atoms with Gasteiger partial charge in [0.15, 0.2) is 0 Å². The minimum absolute atomic E-state index is 0.378. The Morgan fingerprint density at radius 2 is 2.41 bits per heavy atom. The molecule has 0 bridgehead atoms. The maximum atomic E-state index is 12.1. The average molecular weight is 256 g/mol. The number of hydrogen-bond donors (Lipinski definition) is 1. The highest BCUT2D eigenvalue weighted by Gasteiger charge is 2.24. The largest absolute Gasteiger partial charge is 0.338 e. The molecule has 2 unspecified atom stereocenters. The van der Waals surface area contributed by atoms with E-state index in [0.717, 1.165) is 49.9 Å². The number of nitrogens with one attached hydrogen (secondary N) is 1. The lowest BCUT2D eigenvalue weighted by molar-refractivity contribution is -0.133. The Labute approximate surface area is 109 Å². The molecule has 0 aliphatic carbocycles. The molecule has 1 amide bonds. The van der Waals surface area contributed by atoms with Crippen LogP contribution in [-0.4, -0.2) is 48.0 Å². The molecule has 2 heterocycles. The van der Waals surface area contributed by atoms with Crippen molar-refractivity contribution in [3.05, 3.63) is 0 Å². The number of nitrogens with zero attached hydrogens (tertiary/aromatic N) is 1. The lowest BCUT2D eigenvalue weighted by Gasteiger charge is -2.33. The number of thioether (sulfide) groups is 1. The summed E-state index contributed by atoms with van der Waals surface area (Å²) < 4.78 is 0. The van der Waals surface area contributed by atoms with E-state index in [2.05, 4.69) is 17.1 Å². The van der Waals surface area contributed by atoms with Crippen LogP contribution in [0.4, 0.5) is 0 Å². The van der Waals surface area contributed by atoms with Gasteiger partial charge in [-0.15, -0.1) is 0 Å². The normalized spacial score (nSPS) is 30.3. The molecule has 0 spiro atoms. The SMILES string of the molecule is CC1CSCCN1C(=O)CCC1CCCNC1. The van der Waals surface area contributed by atoms with Crippen molar-refractivity contribution < 1.29 is 4.79 Å². The molecule has 0 saturated carbocycles. The lowest BCUT2D eigenvalue weighted by atomic mass is 9.94. The van der Waals surface area contributed by atoms with Gasteiger partial charge >= 0.3 is 0 Å². The Bertz CT molecular complexity index is 254. The van der Waals surface area contributed by atoms with Crippen LogP contribution in [0.15, 0.2) is 0 Å². The van der Waals surface area contributed by atoms with Crippen LogP contribution in [-0.2, 0) is 4.79 Å². The van der Waals surface area contributed by atoms with Gasteiger partial charge in [-0.1, -0.05) is 0 Å². The van der Waals surface area contributed by atoms with Gasteiger partial charge in [-0.3, -0.25) is 4.79 Å². The predicted octanol–water partition coefficient (Wildman–Crippen LogP) is 1.73. The van der Waals surface area contributed by atoms with E-state index >= 15 is 0 Å². The van der Waals surface area contributed by atoms with Crippen molar-refractivity contribution >= 4 is 17.7 Å². The molecule has 0 aromatic heterocycles. The minimum atomic E-state index is 0.378. The van der Waals surface area contributed by atoms with E-state index < -0.39 is 0 Å². The predicted molar refractivity (Wildman–Crippen MR) is 73.3 cm³/mol. The second-order valence-corrected chi connectivity index (χ2v) is 6.41. The molecule has 0 aromatic rings. The molecule has 1 N–H and O–H groups in total. The standard InChI is InChI=1S/C13H24N2OS/c1-11-10-17-8-7-15(11)13(16)5-4-12-3-2-6-14-9-12/h11-12,14H,2-10H2,1H3. The van der Waals surface area contributed by atoms with Gasteiger partial charge in [-0.2, -0.15) is 11.8 Å². The summed E-state index contributed by atoms with van der Waals surface area (Å²) in [4.78, 5) is 14.2. The molecule has 0 aromatic carbocycles. The Morgan fingerprint density at radius 1 is 1.53 bits per heavy atom. The molecule has 2 aliphatic rings. The van der Waals surface area contributed by atoms with Crippen LogP contribution >= 0.6 is 11.8 Å². The quantitative estimate of drug-likeness (QED) is 0.834.